The quantitative estimate of drug-likeness (QED) is 0.238. The number of primary amides is 1. The summed E-state index contributed by atoms with van der Waals surface area (Å²) in [6.45, 7) is 2.89. The Morgan fingerprint density at radius 1 is 1.09 bits per heavy atom. The third kappa shape index (κ3) is 5.24. The lowest BCUT2D eigenvalue weighted by atomic mass is 9.64. The van der Waals surface area contributed by atoms with Crippen molar-refractivity contribution in [2.24, 2.45) is 11.7 Å². The Hall–Kier alpha value is -2.83. The number of nitrogens with two attached hydrogens (primary N) is 1. The summed E-state index contributed by atoms with van der Waals surface area (Å²) >= 11 is 1.66. The number of ether oxygens (including phenoxy) is 1. The Morgan fingerprint density at radius 2 is 1.71 bits per heavy atom. The molecule has 2 atom stereocenters. The van der Waals surface area contributed by atoms with Crippen molar-refractivity contribution in [2.45, 2.75) is 23.2 Å². The highest BCUT2D eigenvalue weighted by molar-refractivity contribution is 7.99. The van der Waals surface area contributed by atoms with Crippen LogP contribution in [-0.4, -0.2) is 49.9 Å². The minimum absolute atomic E-state index is 0.109. The number of nitrogens with zero attached hydrogens (tertiary/aromatic N) is 1. The van der Waals surface area contributed by atoms with Crippen molar-refractivity contribution in [1.29, 1.82) is 0 Å². The molecule has 0 bridgehead atoms. The summed E-state index contributed by atoms with van der Waals surface area (Å²) in [4.78, 5) is 14.2. The molecule has 35 heavy (non-hydrogen) atoms. The van der Waals surface area contributed by atoms with Crippen LogP contribution < -0.4 is 10.5 Å². The number of hydrogen-bond donors (Lipinski definition) is 1. The van der Waals surface area contributed by atoms with E-state index in [1.807, 2.05) is 66.7 Å². The molecule has 1 amide bonds. The second kappa shape index (κ2) is 10.8. The van der Waals surface area contributed by atoms with E-state index in [0.29, 0.717) is 0 Å². The van der Waals surface area contributed by atoms with Gasteiger partial charge in [-0.25, -0.2) is 4.39 Å². The predicted molar refractivity (Wildman–Crippen MR) is 140 cm³/mol. The van der Waals surface area contributed by atoms with Gasteiger partial charge in [-0.15, -0.1) is 11.8 Å². The zero-order valence-corrected chi connectivity index (χ0v) is 21.3. The predicted octanol–water partition coefficient (Wildman–Crippen LogP) is 5.25. The zero-order valence-electron chi connectivity index (χ0n) is 20.5. The molecule has 3 aromatic carbocycles. The molecule has 1 aliphatic rings. The molecule has 2 unspecified atom stereocenters. The number of methoxy groups -OCH3 is 1. The van der Waals surface area contributed by atoms with E-state index in [1.165, 1.54) is 13.2 Å². The Kier molecular flexibility index (Phi) is 7.82. The largest absolute Gasteiger partial charge is 0.494 e. The molecular formula is C29H34FN2O2S+. The number of likely N-dealkylation sites (tertiary alicyclic amines) is 1. The van der Waals surface area contributed by atoms with Gasteiger partial charge in [0.25, 0.3) is 0 Å². The number of rotatable bonds is 10. The molecular weight excluding hydrogens is 459 g/mol. The van der Waals surface area contributed by atoms with Gasteiger partial charge in [0, 0.05) is 29.4 Å². The van der Waals surface area contributed by atoms with Gasteiger partial charge < -0.3 is 15.0 Å². The highest BCUT2D eigenvalue weighted by atomic mass is 32.2. The van der Waals surface area contributed by atoms with Gasteiger partial charge in [0.2, 0.25) is 5.91 Å². The molecule has 184 valence electrons. The first kappa shape index (κ1) is 25.3. The average molecular weight is 494 g/mol. The Bertz CT molecular complexity index is 1100. The number of halogens is 1. The number of hydrogen-bond acceptors (Lipinski definition) is 3. The summed E-state index contributed by atoms with van der Waals surface area (Å²) in [5.41, 5.74) is 7.31. The summed E-state index contributed by atoms with van der Waals surface area (Å²) in [6.07, 6.45) is 1.93. The van der Waals surface area contributed by atoms with Crippen LogP contribution in [0.3, 0.4) is 0 Å². The molecule has 0 aliphatic carbocycles. The van der Waals surface area contributed by atoms with E-state index in [2.05, 4.69) is 7.05 Å². The van der Waals surface area contributed by atoms with E-state index >= 15 is 0 Å². The Balaban J connectivity index is 1.48. The van der Waals surface area contributed by atoms with E-state index in [4.69, 9.17) is 10.5 Å². The monoisotopic (exact) mass is 493 g/mol. The first-order valence-electron chi connectivity index (χ1n) is 12.1. The average Bonchev–Trinajstić information content (AvgIpc) is 3.26. The van der Waals surface area contributed by atoms with Crippen LogP contribution in [0.5, 0.6) is 5.75 Å². The summed E-state index contributed by atoms with van der Waals surface area (Å²) in [7, 11) is 3.75. The zero-order chi connectivity index (χ0) is 24.9. The summed E-state index contributed by atoms with van der Waals surface area (Å²) in [5, 5.41) is 0. The van der Waals surface area contributed by atoms with E-state index < -0.39 is 5.41 Å². The Labute approximate surface area is 211 Å². The van der Waals surface area contributed by atoms with Gasteiger partial charge in [-0.05, 0) is 29.3 Å². The molecule has 0 radical (unpaired) electrons. The third-order valence-electron chi connectivity index (χ3n) is 7.37. The van der Waals surface area contributed by atoms with Crippen molar-refractivity contribution in [2.75, 3.05) is 39.5 Å². The molecule has 6 heteroatoms. The van der Waals surface area contributed by atoms with Crippen molar-refractivity contribution in [3.8, 4) is 5.75 Å². The number of carbonyl (C=O) groups is 1. The number of carbonyl (C=O) groups excluding carboxylic acids is 1. The highest BCUT2D eigenvalue weighted by Gasteiger charge is 2.53. The van der Waals surface area contributed by atoms with E-state index in [-0.39, 0.29) is 23.4 Å². The van der Waals surface area contributed by atoms with Crippen LogP contribution >= 0.6 is 11.8 Å². The molecule has 0 saturated carbocycles. The lowest BCUT2D eigenvalue weighted by Crippen LogP contribution is -2.51. The van der Waals surface area contributed by atoms with Crippen LogP contribution in [0.1, 0.15) is 24.0 Å². The summed E-state index contributed by atoms with van der Waals surface area (Å²) in [6, 6.07) is 25.1. The molecule has 0 aromatic heterocycles. The SMILES string of the molecule is COc1ccc(SCCC[N+]2(C)CCC(C(C(N)=O)(c3ccccc3)c3ccccc3)C2)cc1F. The number of amides is 1. The fourth-order valence-corrected chi connectivity index (χ4v) is 6.50. The first-order valence-corrected chi connectivity index (χ1v) is 13.1. The highest BCUT2D eigenvalue weighted by Crippen LogP contribution is 2.45. The van der Waals surface area contributed by atoms with Crippen LogP contribution in [0, 0.1) is 11.7 Å². The maximum Gasteiger partial charge on any atom is 0.233 e. The molecule has 1 aliphatic heterocycles. The molecule has 2 N–H and O–H groups in total. The van der Waals surface area contributed by atoms with Crippen LogP contribution in [0.15, 0.2) is 83.8 Å². The van der Waals surface area contributed by atoms with Crippen molar-refractivity contribution in [3.05, 3.63) is 95.8 Å². The smallest absolute Gasteiger partial charge is 0.233 e. The molecule has 1 heterocycles. The summed E-state index contributed by atoms with van der Waals surface area (Å²) < 4.78 is 19.9. The fraction of sp³-hybridized carbons (Fsp3) is 0.345. The molecule has 4 nitrogen and oxygen atoms in total. The number of benzene rings is 3. The van der Waals surface area contributed by atoms with Gasteiger partial charge >= 0.3 is 0 Å². The maximum absolute atomic E-state index is 14.0. The second-order valence-electron chi connectivity index (χ2n) is 9.64. The van der Waals surface area contributed by atoms with Gasteiger partial charge in [0.1, 0.15) is 5.41 Å². The van der Waals surface area contributed by atoms with E-state index in [1.54, 1.807) is 17.8 Å². The molecule has 1 fully saturated rings. The molecule has 0 spiro atoms. The Morgan fingerprint density at radius 3 is 2.26 bits per heavy atom. The van der Waals surface area contributed by atoms with E-state index in [0.717, 1.165) is 58.7 Å². The maximum atomic E-state index is 14.0. The standard InChI is InChI=1S/C29H33FN2O2S/c1-32(17-9-19-35-25-14-15-27(34-2)26(30)20-25)18-16-24(21-32)29(28(31)33,22-10-5-3-6-11-22)23-12-7-4-8-13-23/h3-8,10-15,20,24H,9,16-19,21H2,1-2H3,(H-,31,33)/p+1. The van der Waals surface area contributed by atoms with Crippen molar-refractivity contribution >= 4 is 17.7 Å². The number of thioether (sulfide) groups is 1. The molecule has 1 saturated heterocycles. The fourth-order valence-electron chi connectivity index (χ4n) is 5.64. The van der Waals surface area contributed by atoms with Crippen LogP contribution in [0.25, 0.3) is 0 Å². The van der Waals surface area contributed by atoms with Gasteiger partial charge in [0.15, 0.2) is 11.6 Å². The van der Waals surface area contributed by atoms with Gasteiger partial charge in [-0.3, -0.25) is 4.79 Å². The topological polar surface area (TPSA) is 52.3 Å². The molecule has 4 rings (SSSR count). The van der Waals surface area contributed by atoms with Gasteiger partial charge in [0.05, 0.1) is 33.8 Å². The van der Waals surface area contributed by atoms with Crippen LogP contribution in [0.4, 0.5) is 4.39 Å². The lowest BCUT2D eigenvalue weighted by Gasteiger charge is -2.38. The lowest BCUT2D eigenvalue weighted by molar-refractivity contribution is -0.899. The van der Waals surface area contributed by atoms with Crippen molar-refractivity contribution in [3.63, 3.8) is 0 Å². The second-order valence-corrected chi connectivity index (χ2v) is 10.8. The normalized spacial score (nSPS) is 20.0. The van der Waals surface area contributed by atoms with E-state index in [9.17, 15) is 9.18 Å². The van der Waals surface area contributed by atoms with Crippen LogP contribution in [-0.2, 0) is 10.2 Å². The third-order valence-corrected chi connectivity index (χ3v) is 8.45. The van der Waals surface area contributed by atoms with Gasteiger partial charge in [-0.2, -0.15) is 0 Å². The number of quaternary nitrogens is 1. The minimum atomic E-state index is -0.853. The van der Waals surface area contributed by atoms with Crippen LogP contribution in [0.2, 0.25) is 0 Å². The first-order chi connectivity index (χ1) is 16.9. The minimum Gasteiger partial charge on any atom is -0.494 e. The van der Waals surface area contributed by atoms with Gasteiger partial charge in [-0.1, -0.05) is 60.7 Å². The summed E-state index contributed by atoms with van der Waals surface area (Å²) in [5.74, 6) is 0.667. The van der Waals surface area contributed by atoms with Crippen molar-refractivity contribution in [1.82, 2.24) is 0 Å². The molecule has 3 aromatic rings. The van der Waals surface area contributed by atoms with Crippen molar-refractivity contribution < 1.29 is 18.4 Å².